The average Bonchev–Trinajstić information content (AvgIpc) is 2.80. The van der Waals surface area contributed by atoms with Gasteiger partial charge in [0.1, 0.15) is 0 Å². The molecule has 2 heterocycles. The molecule has 0 aliphatic rings. The van der Waals surface area contributed by atoms with Gasteiger partial charge in [-0.05, 0) is 12.1 Å². The zero-order valence-corrected chi connectivity index (χ0v) is 9.31. The van der Waals surface area contributed by atoms with Gasteiger partial charge in [-0.15, -0.1) is 5.10 Å². The van der Waals surface area contributed by atoms with E-state index < -0.39 is 9.84 Å². The van der Waals surface area contributed by atoms with Crippen LogP contribution in [0.3, 0.4) is 0 Å². The molecule has 0 fully saturated rings. The summed E-state index contributed by atoms with van der Waals surface area (Å²) < 4.78 is 27.9. The van der Waals surface area contributed by atoms with E-state index in [0.717, 1.165) is 0 Å². The molecule has 2 aromatic heterocycles. The van der Waals surface area contributed by atoms with E-state index in [-0.39, 0.29) is 16.9 Å². The molecule has 0 unspecified atom stereocenters. The highest BCUT2D eigenvalue weighted by Crippen LogP contribution is 2.18. The van der Waals surface area contributed by atoms with Crippen LogP contribution in [0.2, 0.25) is 0 Å². The lowest BCUT2D eigenvalue weighted by molar-refractivity contribution is 0.440. The number of hydrogen-bond acceptors (Lipinski definition) is 6. The quantitative estimate of drug-likeness (QED) is 0.791. The Labute approximate surface area is 92.3 Å². The van der Waals surface area contributed by atoms with Gasteiger partial charge in [-0.1, -0.05) is 12.0 Å². The van der Waals surface area contributed by atoms with Gasteiger partial charge >= 0.3 is 5.22 Å². The minimum absolute atomic E-state index is 0.0678. The standard InChI is InChI=1S/C9H9N3O3S/c1-2-16(13,14)9-12-11-8(15-9)7-4-3-5-10-6-7/h3-6H,2H2,1H3. The van der Waals surface area contributed by atoms with Crippen molar-refractivity contribution in [3.05, 3.63) is 24.5 Å². The number of aromatic nitrogens is 3. The van der Waals surface area contributed by atoms with Crippen molar-refractivity contribution in [1.29, 1.82) is 0 Å². The van der Waals surface area contributed by atoms with Gasteiger partial charge in [-0.2, -0.15) is 0 Å². The largest absolute Gasteiger partial charge is 0.408 e. The Hall–Kier alpha value is -1.76. The molecule has 84 valence electrons. The molecule has 7 heteroatoms. The molecule has 0 saturated heterocycles. The fourth-order valence-corrected chi connectivity index (χ4v) is 1.68. The molecule has 0 radical (unpaired) electrons. The summed E-state index contributed by atoms with van der Waals surface area (Å²) in [7, 11) is -3.45. The van der Waals surface area contributed by atoms with Crippen molar-refractivity contribution in [3.63, 3.8) is 0 Å². The average molecular weight is 239 g/mol. The first kappa shape index (κ1) is 10.7. The van der Waals surface area contributed by atoms with Crippen molar-refractivity contribution >= 4 is 9.84 Å². The van der Waals surface area contributed by atoms with E-state index in [1.165, 1.54) is 13.1 Å². The second-order valence-corrected chi connectivity index (χ2v) is 5.17. The van der Waals surface area contributed by atoms with E-state index in [2.05, 4.69) is 15.2 Å². The molecule has 16 heavy (non-hydrogen) atoms. The highest BCUT2D eigenvalue weighted by atomic mass is 32.2. The van der Waals surface area contributed by atoms with Crippen molar-refractivity contribution in [2.75, 3.05) is 5.75 Å². The van der Waals surface area contributed by atoms with Gasteiger partial charge in [-0.3, -0.25) is 4.98 Å². The Kier molecular flexibility index (Phi) is 2.69. The number of rotatable bonds is 3. The van der Waals surface area contributed by atoms with Crippen LogP contribution in [0.1, 0.15) is 6.92 Å². The maximum absolute atomic E-state index is 11.4. The summed E-state index contributed by atoms with van der Waals surface area (Å²) in [6, 6.07) is 3.41. The predicted molar refractivity (Wildman–Crippen MR) is 55.3 cm³/mol. The van der Waals surface area contributed by atoms with Crippen molar-refractivity contribution in [1.82, 2.24) is 15.2 Å². The van der Waals surface area contributed by atoms with Gasteiger partial charge in [0.05, 0.1) is 11.3 Å². The maximum Gasteiger partial charge on any atom is 0.335 e. The van der Waals surface area contributed by atoms with Crippen molar-refractivity contribution in [2.45, 2.75) is 12.1 Å². The van der Waals surface area contributed by atoms with Gasteiger partial charge in [0.15, 0.2) is 0 Å². The second-order valence-electron chi connectivity index (χ2n) is 3.02. The van der Waals surface area contributed by atoms with Crippen LogP contribution in [0, 0.1) is 0 Å². The molecule has 0 spiro atoms. The van der Waals surface area contributed by atoms with Crippen LogP contribution >= 0.6 is 0 Å². The van der Waals surface area contributed by atoms with E-state index in [4.69, 9.17) is 4.42 Å². The fraction of sp³-hybridized carbons (Fsp3) is 0.222. The highest BCUT2D eigenvalue weighted by molar-refractivity contribution is 7.91. The molecule has 6 nitrogen and oxygen atoms in total. The molecule has 0 aliphatic heterocycles. The van der Waals surface area contributed by atoms with Crippen molar-refractivity contribution in [3.8, 4) is 11.5 Å². The fourth-order valence-electron chi connectivity index (χ4n) is 1.06. The van der Waals surface area contributed by atoms with Crippen LogP contribution in [0.5, 0.6) is 0 Å². The first-order valence-electron chi connectivity index (χ1n) is 4.60. The van der Waals surface area contributed by atoms with Crippen LogP contribution in [-0.2, 0) is 9.84 Å². The number of hydrogen-bond donors (Lipinski definition) is 0. The maximum atomic E-state index is 11.4. The second kappa shape index (κ2) is 4.01. The molecular formula is C9H9N3O3S. The molecule has 2 aromatic rings. The molecule has 0 N–H and O–H groups in total. The first-order chi connectivity index (χ1) is 7.63. The zero-order valence-electron chi connectivity index (χ0n) is 8.49. The summed E-state index contributed by atoms with van der Waals surface area (Å²) in [5.74, 6) is 0.0851. The molecule has 0 bridgehead atoms. The summed E-state index contributed by atoms with van der Waals surface area (Å²) in [6.07, 6.45) is 3.12. The lowest BCUT2D eigenvalue weighted by Crippen LogP contribution is -2.03. The molecular weight excluding hydrogens is 230 g/mol. The third-order valence-corrected chi connectivity index (χ3v) is 3.42. The van der Waals surface area contributed by atoms with E-state index >= 15 is 0 Å². The normalized spacial score (nSPS) is 11.6. The summed E-state index contributed by atoms with van der Waals surface area (Å²) in [5.41, 5.74) is 0.590. The van der Waals surface area contributed by atoms with Crippen LogP contribution in [0.4, 0.5) is 0 Å². The van der Waals surface area contributed by atoms with Gasteiger partial charge in [-0.25, -0.2) is 8.42 Å². The van der Waals surface area contributed by atoms with Gasteiger partial charge in [0, 0.05) is 12.4 Å². The Morgan fingerprint density at radius 3 is 2.81 bits per heavy atom. The molecule has 0 atom stereocenters. The summed E-state index contributed by atoms with van der Waals surface area (Å²) in [5, 5.41) is 6.81. The van der Waals surface area contributed by atoms with Gasteiger partial charge in [0.25, 0.3) is 0 Å². The Bertz CT molecular complexity index is 577. The van der Waals surface area contributed by atoms with Gasteiger partial charge < -0.3 is 4.42 Å². The SMILES string of the molecule is CCS(=O)(=O)c1nnc(-c2cccnc2)o1. The predicted octanol–water partition coefficient (Wildman–Crippen LogP) is 0.925. The minimum atomic E-state index is -3.45. The molecule has 0 aromatic carbocycles. The van der Waals surface area contributed by atoms with E-state index in [1.807, 2.05) is 0 Å². The molecule has 0 saturated carbocycles. The van der Waals surface area contributed by atoms with E-state index in [1.54, 1.807) is 18.3 Å². The summed E-state index contributed by atoms with van der Waals surface area (Å²) in [4.78, 5) is 3.88. The van der Waals surface area contributed by atoms with Crippen LogP contribution in [0.25, 0.3) is 11.5 Å². The molecule has 0 amide bonds. The topological polar surface area (TPSA) is 86.0 Å². The van der Waals surface area contributed by atoms with Gasteiger partial charge in [0.2, 0.25) is 15.7 Å². The molecule has 0 aliphatic carbocycles. The molecule has 2 rings (SSSR count). The minimum Gasteiger partial charge on any atom is -0.408 e. The number of pyridine rings is 1. The monoisotopic (exact) mass is 239 g/mol. The third kappa shape index (κ3) is 1.94. The first-order valence-corrected chi connectivity index (χ1v) is 6.25. The summed E-state index contributed by atoms with van der Waals surface area (Å²) in [6.45, 7) is 1.52. The highest BCUT2D eigenvalue weighted by Gasteiger charge is 2.20. The van der Waals surface area contributed by atoms with Crippen LogP contribution < -0.4 is 0 Å². The van der Waals surface area contributed by atoms with E-state index in [9.17, 15) is 8.42 Å². The zero-order chi connectivity index (χ0) is 11.6. The smallest absolute Gasteiger partial charge is 0.335 e. The number of sulfone groups is 1. The Morgan fingerprint density at radius 2 is 2.19 bits per heavy atom. The Balaban J connectivity index is 2.42. The third-order valence-electron chi connectivity index (χ3n) is 1.96. The lowest BCUT2D eigenvalue weighted by Gasteiger charge is -1.92. The lowest BCUT2D eigenvalue weighted by atomic mass is 10.3. The van der Waals surface area contributed by atoms with E-state index in [0.29, 0.717) is 5.56 Å². The Morgan fingerprint density at radius 1 is 1.38 bits per heavy atom. The van der Waals surface area contributed by atoms with Crippen molar-refractivity contribution < 1.29 is 12.8 Å². The van der Waals surface area contributed by atoms with Crippen LogP contribution in [0.15, 0.2) is 34.2 Å². The van der Waals surface area contributed by atoms with Crippen LogP contribution in [-0.4, -0.2) is 29.4 Å². The van der Waals surface area contributed by atoms with Crippen molar-refractivity contribution in [2.24, 2.45) is 0 Å². The summed E-state index contributed by atoms with van der Waals surface area (Å²) >= 11 is 0. The number of nitrogens with zero attached hydrogens (tertiary/aromatic N) is 3.